The van der Waals surface area contributed by atoms with E-state index in [4.69, 9.17) is 0 Å². The van der Waals surface area contributed by atoms with Crippen LogP contribution in [0.2, 0.25) is 0 Å². The second kappa shape index (κ2) is 6.61. The monoisotopic (exact) mass is 387 g/mol. The van der Waals surface area contributed by atoms with Gasteiger partial charge in [-0.3, -0.25) is 14.6 Å². The lowest BCUT2D eigenvalue weighted by atomic mass is 10.2. The van der Waals surface area contributed by atoms with Gasteiger partial charge >= 0.3 is 0 Å². The number of hydrogen-bond acceptors (Lipinski definition) is 4. The minimum absolute atomic E-state index is 0.131. The number of aromatic nitrogens is 4. The molecule has 0 aliphatic rings. The van der Waals surface area contributed by atoms with Crippen molar-refractivity contribution in [1.82, 2.24) is 20.0 Å². The number of rotatable bonds is 4. The minimum Gasteiger partial charge on any atom is -0.319 e. The largest absolute Gasteiger partial charge is 0.319 e. The number of aryl methyl sites for hydroxylation is 1. The van der Waals surface area contributed by atoms with Crippen molar-refractivity contribution in [3.63, 3.8) is 0 Å². The van der Waals surface area contributed by atoms with Gasteiger partial charge in [-0.15, -0.1) is 11.3 Å². The van der Waals surface area contributed by atoms with E-state index in [1.165, 1.54) is 16.9 Å². The van der Waals surface area contributed by atoms with E-state index in [-0.39, 0.29) is 5.91 Å². The lowest BCUT2D eigenvalue weighted by Gasteiger charge is -2.05. The fourth-order valence-corrected chi connectivity index (χ4v) is 4.40. The summed E-state index contributed by atoms with van der Waals surface area (Å²) in [5.41, 5.74) is 3.65. The second-order valence-corrected chi connectivity index (χ2v) is 7.68. The molecule has 0 aliphatic heterocycles. The Morgan fingerprint density at radius 3 is 2.89 bits per heavy atom. The maximum Gasteiger partial charge on any atom is 0.265 e. The predicted molar refractivity (Wildman–Crippen MR) is 112 cm³/mol. The zero-order chi connectivity index (χ0) is 19.1. The van der Waals surface area contributed by atoms with E-state index in [9.17, 15) is 4.79 Å². The number of aromatic amines is 1. The number of nitrogens with one attached hydrogen (secondary N) is 2. The van der Waals surface area contributed by atoms with E-state index in [0.717, 1.165) is 32.5 Å². The maximum absolute atomic E-state index is 12.9. The summed E-state index contributed by atoms with van der Waals surface area (Å²) in [6, 6.07) is 17.8. The fraction of sp³-hybridized carbons (Fsp3) is 0.0952. The van der Waals surface area contributed by atoms with Crippen molar-refractivity contribution in [3.05, 3.63) is 76.9 Å². The quantitative estimate of drug-likeness (QED) is 0.474. The first-order valence-corrected chi connectivity index (χ1v) is 9.75. The molecule has 0 unspecified atom stereocenters. The highest BCUT2D eigenvalue weighted by molar-refractivity contribution is 7.20. The van der Waals surface area contributed by atoms with Gasteiger partial charge in [-0.25, -0.2) is 0 Å². The van der Waals surface area contributed by atoms with Crippen LogP contribution in [0.5, 0.6) is 0 Å². The van der Waals surface area contributed by atoms with Gasteiger partial charge in [0.25, 0.3) is 5.91 Å². The average molecular weight is 387 g/mol. The van der Waals surface area contributed by atoms with Crippen LogP contribution in [-0.4, -0.2) is 25.9 Å². The third-order valence-corrected chi connectivity index (χ3v) is 5.88. The van der Waals surface area contributed by atoms with Crippen LogP contribution in [0.15, 0.2) is 60.8 Å². The Hall–Kier alpha value is -3.45. The summed E-state index contributed by atoms with van der Waals surface area (Å²) in [5, 5.41) is 16.6. The van der Waals surface area contributed by atoms with Gasteiger partial charge in [-0.2, -0.15) is 10.2 Å². The van der Waals surface area contributed by atoms with Crippen LogP contribution in [-0.2, 0) is 6.54 Å². The summed E-state index contributed by atoms with van der Waals surface area (Å²) in [5.74, 6) is -0.131. The van der Waals surface area contributed by atoms with Crippen LogP contribution in [0.3, 0.4) is 0 Å². The van der Waals surface area contributed by atoms with Crippen molar-refractivity contribution in [2.75, 3.05) is 5.32 Å². The molecule has 2 N–H and O–H groups in total. The van der Waals surface area contributed by atoms with E-state index >= 15 is 0 Å². The zero-order valence-corrected chi connectivity index (χ0v) is 16.0. The van der Waals surface area contributed by atoms with E-state index in [1.807, 2.05) is 54.1 Å². The zero-order valence-electron chi connectivity index (χ0n) is 15.1. The van der Waals surface area contributed by atoms with Crippen molar-refractivity contribution in [2.45, 2.75) is 13.5 Å². The molecule has 0 saturated carbocycles. The Bertz CT molecular complexity index is 1300. The number of nitrogens with zero attached hydrogens (tertiary/aromatic N) is 3. The molecule has 0 bridgehead atoms. The number of H-pyrrole nitrogens is 1. The van der Waals surface area contributed by atoms with Crippen LogP contribution in [0.25, 0.3) is 21.1 Å². The van der Waals surface area contributed by atoms with E-state index < -0.39 is 0 Å². The lowest BCUT2D eigenvalue weighted by molar-refractivity contribution is 0.103. The number of hydrogen-bond donors (Lipinski definition) is 2. The molecule has 28 heavy (non-hydrogen) atoms. The van der Waals surface area contributed by atoms with E-state index in [2.05, 4.69) is 32.7 Å². The van der Waals surface area contributed by atoms with E-state index in [1.54, 1.807) is 6.20 Å². The topological polar surface area (TPSA) is 75.6 Å². The first-order valence-electron chi connectivity index (χ1n) is 8.93. The normalized spacial score (nSPS) is 11.3. The third-order valence-electron chi connectivity index (χ3n) is 4.73. The van der Waals surface area contributed by atoms with E-state index in [0.29, 0.717) is 11.4 Å². The standard InChI is InChI=1S/C21H17N5OS/c1-13-16-10-18(20(27)23-17-9-5-8-15-11-22-24-19(15)17)28-21(16)26(25-13)12-14-6-3-2-4-7-14/h2-11H,12H2,1H3,(H,22,24)(H,23,27). The molecule has 3 aromatic heterocycles. The summed E-state index contributed by atoms with van der Waals surface area (Å²) in [6.45, 7) is 2.66. The predicted octanol–water partition coefficient (Wildman–Crippen LogP) is 4.58. The van der Waals surface area contributed by atoms with Crippen molar-refractivity contribution in [1.29, 1.82) is 0 Å². The molecule has 138 valence electrons. The first kappa shape index (κ1) is 16.7. The molecule has 5 aromatic rings. The Balaban J connectivity index is 1.47. The molecule has 7 heteroatoms. The highest BCUT2D eigenvalue weighted by Gasteiger charge is 2.17. The molecule has 1 amide bonds. The van der Waals surface area contributed by atoms with Gasteiger partial charge in [-0.05, 0) is 24.6 Å². The molecular formula is C21H17N5OS. The molecule has 0 atom stereocenters. The van der Waals surface area contributed by atoms with Crippen LogP contribution >= 0.6 is 11.3 Å². The van der Waals surface area contributed by atoms with Gasteiger partial charge in [0.05, 0.1) is 34.5 Å². The third kappa shape index (κ3) is 2.86. The van der Waals surface area contributed by atoms with Gasteiger partial charge in [-0.1, -0.05) is 42.5 Å². The van der Waals surface area contributed by atoms with Gasteiger partial charge < -0.3 is 5.32 Å². The summed E-state index contributed by atoms with van der Waals surface area (Å²) in [4.78, 5) is 14.5. The molecule has 0 aliphatic carbocycles. The minimum atomic E-state index is -0.131. The van der Waals surface area contributed by atoms with Crippen LogP contribution in [0.4, 0.5) is 5.69 Å². The van der Waals surface area contributed by atoms with Crippen LogP contribution < -0.4 is 5.32 Å². The van der Waals surface area contributed by atoms with Crippen LogP contribution in [0, 0.1) is 6.92 Å². The van der Waals surface area contributed by atoms with Crippen molar-refractivity contribution in [3.8, 4) is 0 Å². The Kier molecular flexibility index (Phi) is 3.95. The fourth-order valence-electron chi connectivity index (χ4n) is 3.35. The molecule has 6 nitrogen and oxygen atoms in total. The molecule has 0 spiro atoms. The van der Waals surface area contributed by atoms with Crippen molar-refractivity contribution in [2.24, 2.45) is 0 Å². The number of carbonyl (C=O) groups is 1. The van der Waals surface area contributed by atoms with Crippen molar-refractivity contribution < 1.29 is 4.79 Å². The van der Waals surface area contributed by atoms with Gasteiger partial charge in [0, 0.05) is 10.8 Å². The summed E-state index contributed by atoms with van der Waals surface area (Å²) >= 11 is 1.46. The van der Waals surface area contributed by atoms with Crippen LogP contribution in [0.1, 0.15) is 20.9 Å². The average Bonchev–Trinajstić information content (AvgIpc) is 3.41. The molecule has 3 heterocycles. The summed E-state index contributed by atoms with van der Waals surface area (Å²) < 4.78 is 1.97. The second-order valence-electron chi connectivity index (χ2n) is 6.65. The van der Waals surface area contributed by atoms with Gasteiger partial charge in [0.15, 0.2) is 0 Å². The smallest absolute Gasteiger partial charge is 0.265 e. The SMILES string of the molecule is Cc1nn(Cc2ccccc2)c2sc(C(=O)Nc3cccc4cn[nH]c34)cc12. The number of benzene rings is 2. The Labute approximate surface area is 164 Å². The van der Waals surface area contributed by atoms with Gasteiger partial charge in [0.2, 0.25) is 0 Å². The first-order chi connectivity index (χ1) is 13.7. The Morgan fingerprint density at radius 2 is 2.04 bits per heavy atom. The molecular weight excluding hydrogens is 370 g/mol. The highest BCUT2D eigenvalue weighted by Crippen LogP contribution is 2.30. The number of para-hydroxylation sites is 1. The van der Waals surface area contributed by atoms with Gasteiger partial charge in [0.1, 0.15) is 4.83 Å². The Morgan fingerprint density at radius 1 is 1.18 bits per heavy atom. The molecule has 5 rings (SSSR count). The maximum atomic E-state index is 12.9. The summed E-state index contributed by atoms with van der Waals surface area (Å²) in [6.07, 6.45) is 1.74. The molecule has 0 saturated heterocycles. The number of amides is 1. The van der Waals surface area contributed by atoms with Crippen molar-refractivity contribution >= 4 is 44.1 Å². The number of carbonyl (C=O) groups excluding carboxylic acids is 1. The summed E-state index contributed by atoms with van der Waals surface area (Å²) in [7, 11) is 0. The molecule has 0 radical (unpaired) electrons. The number of fused-ring (bicyclic) bond motifs is 2. The molecule has 0 fully saturated rings. The number of thiophene rings is 1. The lowest BCUT2D eigenvalue weighted by Crippen LogP contribution is -2.10. The number of anilines is 1. The molecule has 2 aromatic carbocycles. The highest BCUT2D eigenvalue weighted by atomic mass is 32.1.